The van der Waals surface area contributed by atoms with Crippen LogP contribution in [-0.2, 0) is 14.8 Å². The van der Waals surface area contributed by atoms with Crippen LogP contribution in [0.1, 0.15) is 51.9 Å². The molecule has 146 valence electrons. The first-order chi connectivity index (χ1) is 11.5. The van der Waals surface area contributed by atoms with E-state index in [2.05, 4.69) is 17.0 Å². The zero-order valence-corrected chi connectivity index (χ0v) is 16.7. The van der Waals surface area contributed by atoms with E-state index in [-0.39, 0.29) is 30.3 Å². The monoisotopic (exact) mass is 393 g/mol. The molecule has 0 bridgehead atoms. The number of hydrogen-bond donors (Lipinski definition) is 2. The number of rotatable bonds is 4. The molecule has 2 N–H and O–H groups in total. The average Bonchev–Trinajstić information content (AvgIpc) is 3.11. The molecule has 25 heavy (non-hydrogen) atoms. The highest BCUT2D eigenvalue weighted by Gasteiger charge is 2.37. The molecule has 1 amide bonds. The van der Waals surface area contributed by atoms with Crippen molar-refractivity contribution < 1.29 is 13.2 Å². The zero-order valence-electron chi connectivity index (χ0n) is 15.1. The second-order valence-electron chi connectivity index (χ2n) is 7.77. The first-order valence-corrected chi connectivity index (χ1v) is 11.0. The Balaban J connectivity index is 0.00000225. The van der Waals surface area contributed by atoms with Crippen molar-refractivity contribution in [1.29, 1.82) is 0 Å². The van der Waals surface area contributed by atoms with Crippen LogP contribution in [0.4, 0.5) is 0 Å². The molecule has 8 heteroatoms. The first kappa shape index (κ1) is 20.9. The molecule has 3 aliphatic rings. The van der Waals surface area contributed by atoms with Crippen molar-refractivity contribution in [1.82, 2.24) is 14.9 Å². The summed E-state index contributed by atoms with van der Waals surface area (Å²) in [7, 11) is -3.39. The maximum atomic E-state index is 12.8. The summed E-state index contributed by atoms with van der Waals surface area (Å²) in [5.41, 5.74) is 0. The van der Waals surface area contributed by atoms with Gasteiger partial charge >= 0.3 is 0 Å². The van der Waals surface area contributed by atoms with E-state index in [1.807, 2.05) is 4.90 Å². The Morgan fingerprint density at radius 2 is 1.84 bits per heavy atom. The van der Waals surface area contributed by atoms with Gasteiger partial charge in [-0.2, -0.15) is 0 Å². The lowest BCUT2D eigenvalue weighted by molar-refractivity contribution is -0.136. The van der Waals surface area contributed by atoms with Crippen LogP contribution in [0.2, 0.25) is 0 Å². The molecule has 6 nitrogen and oxygen atoms in total. The van der Waals surface area contributed by atoms with E-state index in [1.165, 1.54) is 0 Å². The number of hydrogen-bond acceptors (Lipinski definition) is 4. The predicted octanol–water partition coefficient (Wildman–Crippen LogP) is 1.51. The minimum Gasteiger partial charge on any atom is -0.341 e. The van der Waals surface area contributed by atoms with Crippen LogP contribution < -0.4 is 10.0 Å². The van der Waals surface area contributed by atoms with E-state index >= 15 is 0 Å². The second-order valence-corrected chi connectivity index (χ2v) is 9.76. The number of halogens is 1. The lowest BCUT2D eigenvalue weighted by atomic mass is 9.96. The van der Waals surface area contributed by atoms with E-state index in [9.17, 15) is 13.2 Å². The highest BCUT2D eigenvalue weighted by atomic mass is 35.5. The number of nitrogens with one attached hydrogen (secondary N) is 2. The molecule has 3 fully saturated rings. The lowest BCUT2D eigenvalue weighted by Gasteiger charge is -2.36. The third-order valence-electron chi connectivity index (χ3n) is 5.98. The summed E-state index contributed by atoms with van der Waals surface area (Å²) in [6.07, 6.45) is 6.61. The molecule has 3 rings (SSSR count). The van der Waals surface area contributed by atoms with Gasteiger partial charge in [-0.3, -0.25) is 4.79 Å². The van der Waals surface area contributed by atoms with E-state index in [4.69, 9.17) is 0 Å². The fourth-order valence-electron chi connectivity index (χ4n) is 4.28. The average molecular weight is 394 g/mol. The molecular formula is C17H32ClN3O3S. The largest absolute Gasteiger partial charge is 0.341 e. The Bertz CT molecular complexity index is 551. The summed E-state index contributed by atoms with van der Waals surface area (Å²) >= 11 is 0. The standard InChI is InChI=1S/C17H31N3O3S.ClH/c1-13-8-9-18-11-16(13)19-24(22,23)15-7-4-10-20(12-15)17(21)14-5-2-3-6-14;/h13-16,18-19H,2-12H2,1H3;1H. The molecule has 2 saturated heterocycles. The number of piperidine rings is 2. The molecule has 3 unspecified atom stereocenters. The summed E-state index contributed by atoms with van der Waals surface area (Å²) in [5, 5.41) is 2.80. The van der Waals surface area contributed by atoms with Crippen molar-refractivity contribution in [2.75, 3.05) is 26.2 Å². The van der Waals surface area contributed by atoms with Gasteiger partial charge in [0.15, 0.2) is 0 Å². The molecule has 3 atom stereocenters. The van der Waals surface area contributed by atoms with Crippen LogP contribution in [0.25, 0.3) is 0 Å². The van der Waals surface area contributed by atoms with Gasteiger partial charge in [0.1, 0.15) is 0 Å². The molecule has 1 saturated carbocycles. The molecule has 0 radical (unpaired) electrons. The van der Waals surface area contributed by atoms with Crippen molar-refractivity contribution in [3.63, 3.8) is 0 Å². The lowest BCUT2D eigenvalue weighted by Crippen LogP contribution is -2.55. The topological polar surface area (TPSA) is 78.5 Å². The molecule has 2 aliphatic heterocycles. The molecule has 0 aromatic rings. The molecule has 1 aliphatic carbocycles. The summed E-state index contributed by atoms with van der Waals surface area (Å²) in [6.45, 7) is 4.82. The van der Waals surface area contributed by atoms with Crippen molar-refractivity contribution in [2.24, 2.45) is 11.8 Å². The van der Waals surface area contributed by atoms with E-state index in [1.54, 1.807) is 0 Å². The van der Waals surface area contributed by atoms with Crippen LogP contribution in [0.5, 0.6) is 0 Å². The van der Waals surface area contributed by atoms with Crippen molar-refractivity contribution in [3.8, 4) is 0 Å². The maximum Gasteiger partial charge on any atom is 0.225 e. The van der Waals surface area contributed by atoms with Gasteiger partial charge in [0.2, 0.25) is 15.9 Å². The van der Waals surface area contributed by atoms with Crippen LogP contribution in [-0.4, -0.2) is 56.7 Å². The van der Waals surface area contributed by atoms with Gasteiger partial charge in [0, 0.05) is 31.6 Å². The number of carbonyl (C=O) groups is 1. The molecule has 0 aromatic heterocycles. The number of carbonyl (C=O) groups excluding carboxylic acids is 1. The van der Waals surface area contributed by atoms with Gasteiger partial charge in [0.25, 0.3) is 0 Å². The Hall–Kier alpha value is -0.370. The summed E-state index contributed by atoms with van der Waals surface area (Å²) in [6, 6.07) is -0.0374. The number of likely N-dealkylation sites (tertiary alicyclic amines) is 1. The number of sulfonamides is 1. The van der Waals surface area contributed by atoms with Gasteiger partial charge in [0.05, 0.1) is 5.25 Å². The Morgan fingerprint density at radius 3 is 2.52 bits per heavy atom. The minimum absolute atomic E-state index is 0. The number of nitrogens with zero attached hydrogens (tertiary/aromatic N) is 1. The highest BCUT2D eigenvalue weighted by molar-refractivity contribution is 7.90. The molecular weight excluding hydrogens is 362 g/mol. The second kappa shape index (κ2) is 9.02. The van der Waals surface area contributed by atoms with Crippen LogP contribution >= 0.6 is 12.4 Å². The fourth-order valence-corrected chi connectivity index (χ4v) is 6.06. The van der Waals surface area contributed by atoms with E-state index in [0.29, 0.717) is 32.0 Å². The predicted molar refractivity (Wildman–Crippen MR) is 101 cm³/mol. The summed E-state index contributed by atoms with van der Waals surface area (Å²) in [5.74, 6) is 0.655. The van der Waals surface area contributed by atoms with Crippen LogP contribution in [0.3, 0.4) is 0 Å². The smallest absolute Gasteiger partial charge is 0.225 e. The van der Waals surface area contributed by atoms with Crippen molar-refractivity contribution in [2.45, 2.75) is 63.2 Å². The third-order valence-corrected chi connectivity index (χ3v) is 7.87. The zero-order chi connectivity index (χ0) is 17.2. The SMILES string of the molecule is CC1CCNCC1NS(=O)(=O)C1CCCN(C(=O)C2CCCC2)C1.Cl. The van der Waals surface area contributed by atoms with Gasteiger partial charge in [-0.1, -0.05) is 19.8 Å². The highest BCUT2D eigenvalue weighted by Crippen LogP contribution is 2.28. The Labute approximate surface area is 157 Å². The molecule has 0 aromatic carbocycles. The molecule has 0 spiro atoms. The van der Waals surface area contributed by atoms with Gasteiger partial charge < -0.3 is 10.2 Å². The Morgan fingerprint density at radius 1 is 1.12 bits per heavy atom. The van der Waals surface area contributed by atoms with Crippen molar-refractivity contribution in [3.05, 3.63) is 0 Å². The van der Waals surface area contributed by atoms with Gasteiger partial charge in [-0.15, -0.1) is 12.4 Å². The quantitative estimate of drug-likeness (QED) is 0.758. The minimum atomic E-state index is -3.39. The van der Waals surface area contributed by atoms with Crippen molar-refractivity contribution >= 4 is 28.3 Å². The number of amides is 1. The fraction of sp³-hybridized carbons (Fsp3) is 0.941. The first-order valence-electron chi connectivity index (χ1n) is 9.48. The van der Waals surface area contributed by atoms with Gasteiger partial charge in [-0.25, -0.2) is 13.1 Å². The van der Waals surface area contributed by atoms with E-state index < -0.39 is 15.3 Å². The van der Waals surface area contributed by atoms with E-state index in [0.717, 1.165) is 45.1 Å². The van der Waals surface area contributed by atoms with Gasteiger partial charge in [-0.05, 0) is 44.6 Å². The molecule has 2 heterocycles. The third kappa shape index (κ3) is 5.08. The Kier molecular flexibility index (Phi) is 7.55. The normalized spacial score (nSPS) is 31.6. The van der Waals surface area contributed by atoms with Crippen LogP contribution in [0, 0.1) is 11.8 Å². The maximum absolute atomic E-state index is 12.8. The summed E-state index contributed by atoms with van der Waals surface area (Å²) in [4.78, 5) is 14.4. The summed E-state index contributed by atoms with van der Waals surface area (Å²) < 4.78 is 28.5. The van der Waals surface area contributed by atoms with Crippen LogP contribution in [0.15, 0.2) is 0 Å².